The number of anilines is 1. The molecule has 0 bridgehead atoms. The summed E-state index contributed by atoms with van der Waals surface area (Å²) in [7, 11) is 0. The second-order valence-electron chi connectivity index (χ2n) is 4.03. The van der Waals surface area contributed by atoms with Gasteiger partial charge in [-0.1, -0.05) is 6.08 Å². The molecule has 0 fully saturated rings. The summed E-state index contributed by atoms with van der Waals surface area (Å²) in [6, 6.07) is 3.55. The van der Waals surface area contributed by atoms with Crippen LogP contribution in [0.2, 0.25) is 0 Å². The van der Waals surface area contributed by atoms with Gasteiger partial charge >= 0.3 is 12.1 Å². The molecule has 19 heavy (non-hydrogen) atoms. The van der Waals surface area contributed by atoms with Gasteiger partial charge in [-0.15, -0.1) is 0 Å². The molecule has 1 aliphatic heterocycles. The zero-order valence-electron chi connectivity index (χ0n) is 10.3. The van der Waals surface area contributed by atoms with Crippen LogP contribution in [-0.2, 0) is 9.53 Å². The molecule has 0 aromatic carbocycles. The first kappa shape index (κ1) is 13.1. The fourth-order valence-electron chi connectivity index (χ4n) is 1.77. The number of hydrogen-bond acceptors (Lipinski definition) is 4. The highest BCUT2D eigenvalue weighted by Gasteiger charge is 2.21. The molecule has 0 atom stereocenters. The minimum atomic E-state index is -0.897. The van der Waals surface area contributed by atoms with Gasteiger partial charge in [-0.05, 0) is 24.6 Å². The fraction of sp³-hybridized carbons (Fsp3) is 0.308. The van der Waals surface area contributed by atoms with E-state index in [0.29, 0.717) is 18.7 Å². The minimum Gasteiger partial charge on any atom is -0.481 e. The number of hydrogen-bond donors (Lipinski definition) is 1. The van der Waals surface area contributed by atoms with Crippen molar-refractivity contribution in [3.05, 3.63) is 30.1 Å². The number of rotatable bonds is 4. The van der Waals surface area contributed by atoms with Gasteiger partial charge in [-0.25, -0.2) is 4.79 Å². The molecule has 1 amide bonds. The van der Waals surface area contributed by atoms with Crippen LogP contribution in [0, 0.1) is 0 Å². The number of carbonyl (C=O) groups excluding carboxylic acids is 1. The molecule has 1 aromatic heterocycles. The van der Waals surface area contributed by atoms with Crippen LogP contribution in [0.5, 0.6) is 0 Å². The number of nitrogens with zero attached hydrogens (tertiary/aromatic N) is 2. The minimum absolute atomic E-state index is 0.00861. The van der Waals surface area contributed by atoms with Crippen LogP contribution in [-0.4, -0.2) is 35.3 Å². The van der Waals surface area contributed by atoms with E-state index in [1.54, 1.807) is 18.3 Å². The van der Waals surface area contributed by atoms with Crippen molar-refractivity contribution < 1.29 is 19.4 Å². The molecule has 0 aliphatic carbocycles. The maximum Gasteiger partial charge on any atom is 0.414 e. The van der Waals surface area contributed by atoms with Gasteiger partial charge in [-0.2, -0.15) is 0 Å². The Hall–Kier alpha value is -2.37. The quantitative estimate of drug-likeness (QED) is 0.838. The van der Waals surface area contributed by atoms with Gasteiger partial charge in [0, 0.05) is 19.2 Å². The highest BCUT2D eigenvalue weighted by Crippen LogP contribution is 2.23. The van der Waals surface area contributed by atoms with Crippen molar-refractivity contribution in [1.82, 2.24) is 4.98 Å². The summed E-state index contributed by atoms with van der Waals surface area (Å²) in [4.78, 5) is 27.9. The third kappa shape index (κ3) is 3.31. The first-order valence-electron chi connectivity index (χ1n) is 5.96. The topological polar surface area (TPSA) is 79.7 Å². The Morgan fingerprint density at radius 1 is 1.47 bits per heavy atom. The second-order valence-corrected chi connectivity index (χ2v) is 4.03. The molecule has 0 unspecified atom stereocenters. The number of amides is 1. The molecular formula is C13H14N2O4. The summed E-state index contributed by atoms with van der Waals surface area (Å²) in [5.41, 5.74) is 1.42. The molecular weight excluding hydrogens is 248 g/mol. The van der Waals surface area contributed by atoms with Gasteiger partial charge in [0.15, 0.2) is 0 Å². The van der Waals surface area contributed by atoms with Crippen LogP contribution in [0.1, 0.15) is 18.5 Å². The lowest BCUT2D eigenvalue weighted by molar-refractivity contribution is -0.137. The first-order chi connectivity index (χ1) is 9.18. The Balaban J connectivity index is 1.93. The van der Waals surface area contributed by atoms with Gasteiger partial charge in [0.1, 0.15) is 0 Å². The number of carboxylic acids is 1. The average molecular weight is 262 g/mol. The fourth-order valence-corrected chi connectivity index (χ4v) is 1.77. The van der Waals surface area contributed by atoms with Crippen molar-refractivity contribution in [2.75, 3.05) is 18.1 Å². The van der Waals surface area contributed by atoms with E-state index in [-0.39, 0.29) is 13.0 Å². The smallest absolute Gasteiger partial charge is 0.414 e. The van der Waals surface area contributed by atoms with Gasteiger partial charge in [0.25, 0.3) is 0 Å². The Morgan fingerprint density at radius 3 is 3.11 bits per heavy atom. The van der Waals surface area contributed by atoms with Crippen molar-refractivity contribution in [2.45, 2.75) is 12.8 Å². The number of ether oxygens (including phenoxy) is 1. The molecule has 0 saturated heterocycles. The monoisotopic (exact) mass is 262 g/mol. The molecule has 1 aromatic rings. The Labute approximate surface area is 110 Å². The Morgan fingerprint density at radius 2 is 2.32 bits per heavy atom. The van der Waals surface area contributed by atoms with E-state index in [1.807, 2.05) is 12.2 Å². The third-order valence-electron chi connectivity index (χ3n) is 2.65. The lowest BCUT2D eigenvalue weighted by atomic mass is 10.2. The van der Waals surface area contributed by atoms with Gasteiger partial charge in [-0.3, -0.25) is 14.7 Å². The maximum atomic E-state index is 11.9. The van der Waals surface area contributed by atoms with E-state index in [0.717, 1.165) is 5.69 Å². The highest BCUT2D eigenvalue weighted by atomic mass is 16.6. The number of aromatic nitrogens is 1. The Bertz CT molecular complexity index is 513. The van der Waals surface area contributed by atoms with Crippen molar-refractivity contribution in [3.63, 3.8) is 0 Å². The zero-order chi connectivity index (χ0) is 13.7. The molecule has 2 heterocycles. The van der Waals surface area contributed by atoms with Crippen molar-refractivity contribution >= 4 is 23.8 Å². The van der Waals surface area contributed by atoms with Crippen molar-refractivity contribution in [2.24, 2.45) is 0 Å². The summed E-state index contributed by atoms with van der Waals surface area (Å²) in [6.45, 7) is 0.525. The van der Waals surface area contributed by atoms with E-state index < -0.39 is 12.1 Å². The summed E-state index contributed by atoms with van der Waals surface area (Å²) in [6.07, 6.45) is 5.15. The van der Waals surface area contributed by atoms with Gasteiger partial charge < -0.3 is 9.84 Å². The van der Waals surface area contributed by atoms with Crippen LogP contribution in [0.4, 0.5) is 10.5 Å². The third-order valence-corrected chi connectivity index (χ3v) is 2.65. The van der Waals surface area contributed by atoms with Crippen LogP contribution in [0.25, 0.3) is 6.08 Å². The number of pyridine rings is 1. The number of aliphatic carboxylic acids is 1. The van der Waals surface area contributed by atoms with Crippen molar-refractivity contribution in [1.29, 1.82) is 0 Å². The molecule has 0 saturated carbocycles. The van der Waals surface area contributed by atoms with Crippen LogP contribution in [0.15, 0.2) is 24.4 Å². The van der Waals surface area contributed by atoms with E-state index in [4.69, 9.17) is 9.84 Å². The predicted octanol–water partition coefficient (Wildman–Crippen LogP) is 1.92. The number of carbonyl (C=O) groups is 2. The molecule has 6 heteroatoms. The molecule has 1 aliphatic rings. The summed E-state index contributed by atoms with van der Waals surface area (Å²) >= 11 is 0. The average Bonchev–Trinajstić information content (AvgIpc) is 2.42. The van der Waals surface area contributed by atoms with E-state index in [1.165, 1.54) is 4.90 Å². The van der Waals surface area contributed by atoms with Crippen LogP contribution in [0.3, 0.4) is 0 Å². The lowest BCUT2D eigenvalue weighted by Crippen LogP contribution is -2.34. The lowest BCUT2D eigenvalue weighted by Gasteiger charge is -2.24. The Kier molecular flexibility index (Phi) is 4.12. The summed E-state index contributed by atoms with van der Waals surface area (Å²) in [5.74, 6) is -0.897. The van der Waals surface area contributed by atoms with E-state index >= 15 is 0 Å². The number of fused-ring (bicyclic) bond motifs is 1. The van der Waals surface area contributed by atoms with Crippen LogP contribution >= 0.6 is 0 Å². The van der Waals surface area contributed by atoms with Crippen LogP contribution < -0.4 is 4.90 Å². The zero-order valence-corrected chi connectivity index (χ0v) is 10.3. The SMILES string of the molecule is O=C(O)CCCOC(=O)N1CC=Cc2ncccc21. The second kappa shape index (κ2) is 5.99. The standard InChI is InChI=1S/C13H14N2O4/c16-12(17)6-3-9-19-13(18)15-8-2-4-10-11(15)5-1-7-14-10/h1-2,4-5,7H,3,6,8-9H2,(H,16,17). The first-order valence-corrected chi connectivity index (χ1v) is 5.96. The molecule has 100 valence electrons. The molecule has 2 rings (SSSR count). The predicted molar refractivity (Wildman–Crippen MR) is 68.8 cm³/mol. The molecule has 6 nitrogen and oxygen atoms in total. The van der Waals surface area contributed by atoms with Crippen molar-refractivity contribution in [3.8, 4) is 0 Å². The normalized spacial score (nSPS) is 12.9. The summed E-state index contributed by atoms with van der Waals surface area (Å²) < 4.78 is 5.05. The van der Waals surface area contributed by atoms with Gasteiger partial charge in [0.05, 0.1) is 18.0 Å². The molecule has 0 spiro atoms. The maximum absolute atomic E-state index is 11.9. The molecule has 1 N–H and O–H groups in total. The molecule has 0 radical (unpaired) electrons. The highest BCUT2D eigenvalue weighted by molar-refractivity contribution is 5.91. The van der Waals surface area contributed by atoms with E-state index in [2.05, 4.69) is 4.98 Å². The number of carboxylic acid groups (broad SMARTS) is 1. The van der Waals surface area contributed by atoms with E-state index in [9.17, 15) is 9.59 Å². The largest absolute Gasteiger partial charge is 0.481 e. The summed E-state index contributed by atoms with van der Waals surface area (Å²) in [5, 5.41) is 8.49. The van der Waals surface area contributed by atoms with Gasteiger partial charge in [0.2, 0.25) is 0 Å².